The third kappa shape index (κ3) is 5.54. The molecule has 1 heterocycles. The van der Waals surface area contributed by atoms with Gasteiger partial charge in [0.05, 0.1) is 12.8 Å². The Morgan fingerprint density at radius 1 is 1.31 bits per heavy atom. The highest BCUT2D eigenvalue weighted by atomic mass is 32.1. The van der Waals surface area contributed by atoms with Crippen LogP contribution in [0.2, 0.25) is 0 Å². The van der Waals surface area contributed by atoms with Crippen LogP contribution in [0, 0.1) is 13.8 Å². The molecule has 0 aliphatic rings. The number of aryl methyl sites for hydroxylation is 2. The lowest BCUT2D eigenvalue weighted by atomic mass is 10.1. The van der Waals surface area contributed by atoms with Crippen molar-refractivity contribution in [2.45, 2.75) is 40.0 Å². The largest absolute Gasteiger partial charge is 0.496 e. The lowest BCUT2D eigenvalue weighted by Crippen LogP contribution is -2.25. The highest BCUT2D eigenvalue weighted by molar-refractivity contribution is 7.16. The molecular weight excluding hydrogens is 346 g/mol. The van der Waals surface area contributed by atoms with Gasteiger partial charge >= 0.3 is 0 Å². The number of hydrogen-bond donors (Lipinski definition) is 1. The molecule has 1 aromatic heterocycles. The van der Waals surface area contributed by atoms with Crippen LogP contribution in [0.15, 0.2) is 18.2 Å². The monoisotopic (exact) mass is 375 g/mol. The van der Waals surface area contributed by atoms with Crippen LogP contribution in [0.1, 0.15) is 36.6 Å². The Hall–Kier alpha value is -1.92. The van der Waals surface area contributed by atoms with Crippen molar-refractivity contribution in [2.24, 2.45) is 0 Å². The lowest BCUT2D eigenvalue weighted by Gasteiger charge is -2.15. The van der Waals surface area contributed by atoms with Crippen LogP contribution >= 0.6 is 11.3 Å². The van der Waals surface area contributed by atoms with Gasteiger partial charge in [0.25, 0.3) is 0 Å². The second-order valence-corrected chi connectivity index (χ2v) is 7.77. The first kappa shape index (κ1) is 20.4. The summed E-state index contributed by atoms with van der Waals surface area (Å²) in [6, 6.07) is 6.02. The number of aromatic nitrogens is 1. The van der Waals surface area contributed by atoms with Crippen LogP contribution in [0.3, 0.4) is 0 Å². The fraction of sp³-hybridized carbons (Fsp3) is 0.500. The Morgan fingerprint density at radius 2 is 2.08 bits per heavy atom. The summed E-state index contributed by atoms with van der Waals surface area (Å²) >= 11 is 1.51. The van der Waals surface area contributed by atoms with E-state index in [2.05, 4.69) is 35.2 Å². The predicted octanol–water partition coefficient (Wildman–Crippen LogP) is 4.50. The summed E-state index contributed by atoms with van der Waals surface area (Å²) in [5.74, 6) is 0.877. The molecule has 26 heavy (non-hydrogen) atoms. The van der Waals surface area contributed by atoms with E-state index in [1.165, 1.54) is 17.8 Å². The molecule has 6 heteroatoms. The first-order chi connectivity index (χ1) is 12.4. The maximum absolute atomic E-state index is 12.2. The van der Waals surface area contributed by atoms with Crippen LogP contribution in [0.5, 0.6) is 5.75 Å². The molecule has 0 unspecified atom stereocenters. The quantitative estimate of drug-likeness (QED) is 0.701. The zero-order valence-corrected chi connectivity index (χ0v) is 17.2. The fourth-order valence-electron chi connectivity index (χ4n) is 2.76. The van der Waals surface area contributed by atoms with Crippen molar-refractivity contribution in [1.29, 1.82) is 0 Å². The standard InChI is InChI=1S/C20H29N3O2S/c1-6-7-11-23(4)12-10-18(24)21-20-22-19(15(3)26-20)16-8-9-17(25-5)14(2)13-16/h8-9,13H,6-7,10-12H2,1-5H3,(H,21,22,24). The fourth-order valence-corrected chi connectivity index (χ4v) is 3.61. The molecule has 2 aromatic rings. The first-order valence-electron chi connectivity index (χ1n) is 9.05. The van der Waals surface area contributed by atoms with E-state index in [0.717, 1.165) is 47.0 Å². The third-order valence-corrected chi connectivity index (χ3v) is 5.21. The topological polar surface area (TPSA) is 54.5 Å². The molecule has 1 amide bonds. The number of ether oxygens (including phenoxy) is 1. The van der Waals surface area contributed by atoms with E-state index in [-0.39, 0.29) is 5.91 Å². The van der Waals surface area contributed by atoms with Gasteiger partial charge in [0, 0.05) is 23.4 Å². The number of nitrogens with zero attached hydrogens (tertiary/aromatic N) is 2. The molecule has 0 spiro atoms. The number of carbonyl (C=O) groups excluding carboxylic acids is 1. The number of amides is 1. The van der Waals surface area contributed by atoms with Crippen molar-refractivity contribution in [2.75, 3.05) is 32.6 Å². The Labute approximate surface area is 160 Å². The number of rotatable bonds is 9. The number of unbranched alkanes of at least 4 members (excludes halogenated alkanes) is 1. The zero-order chi connectivity index (χ0) is 19.1. The van der Waals surface area contributed by atoms with Gasteiger partial charge in [-0.3, -0.25) is 4.79 Å². The van der Waals surface area contributed by atoms with Crippen molar-refractivity contribution < 1.29 is 9.53 Å². The lowest BCUT2D eigenvalue weighted by molar-refractivity contribution is -0.116. The maximum Gasteiger partial charge on any atom is 0.227 e. The Morgan fingerprint density at radius 3 is 2.73 bits per heavy atom. The van der Waals surface area contributed by atoms with Gasteiger partial charge in [-0.2, -0.15) is 0 Å². The molecule has 0 bridgehead atoms. The van der Waals surface area contributed by atoms with Gasteiger partial charge in [0.1, 0.15) is 5.75 Å². The average molecular weight is 376 g/mol. The molecule has 0 saturated heterocycles. The third-order valence-electron chi connectivity index (χ3n) is 4.33. The number of methoxy groups -OCH3 is 1. The minimum absolute atomic E-state index is 0.0135. The molecule has 1 aromatic carbocycles. The van der Waals surface area contributed by atoms with E-state index in [4.69, 9.17) is 4.74 Å². The number of thiazole rings is 1. The molecule has 2 rings (SSSR count). The van der Waals surface area contributed by atoms with Gasteiger partial charge in [-0.15, -0.1) is 11.3 Å². The van der Waals surface area contributed by atoms with E-state index < -0.39 is 0 Å². The predicted molar refractivity (Wildman–Crippen MR) is 109 cm³/mol. The van der Waals surface area contributed by atoms with Crippen molar-refractivity contribution in [3.05, 3.63) is 28.6 Å². The van der Waals surface area contributed by atoms with E-state index >= 15 is 0 Å². The second kappa shape index (κ2) is 9.69. The number of anilines is 1. The van der Waals surface area contributed by atoms with Crippen molar-refractivity contribution in [1.82, 2.24) is 9.88 Å². The van der Waals surface area contributed by atoms with Crippen molar-refractivity contribution in [3.8, 4) is 17.0 Å². The van der Waals surface area contributed by atoms with Crippen molar-refractivity contribution >= 4 is 22.4 Å². The van der Waals surface area contributed by atoms with Gasteiger partial charge in [0.15, 0.2) is 5.13 Å². The highest BCUT2D eigenvalue weighted by Crippen LogP contribution is 2.32. The second-order valence-electron chi connectivity index (χ2n) is 6.56. The highest BCUT2D eigenvalue weighted by Gasteiger charge is 2.13. The first-order valence-corrected chi connectivity index (χ1v) is 9.87. The number of carbonyl (C=O) groups is 1. The van der Waals surface area contributed by atoms with Gasteiger partial charge in [0.2, 0.25) is 5.91 Å². The summed E-state index contributed by atoms with van der Waals surface area (Å²) < 4.78 is 5.32. The number of benzene rings is 1. The van der Waals surface area contributed by atoms with Gasteiger partial charge in [-0.05, 0) is 57.6 Å². The number of nitrogens with one attached hydrogen (secondary N) is 1. The summed E-state index contributed by atoms with van der Waals surface area (Å²) in [4.78, 5) is 20.1. The van der Waals surface area contributed by atoms with Crippen LogP contribution < -0.4 is 10.1 Å². The molecule has 5 nitrogen and oxygen atoms in total. The van der Waals surface area contributed by atoms with E-state index in [1.807, 2.05) is 26.0 Å². The summed E-state index contributed by atoms with van der Waals surface area (Å²) in [6.45, 7) is 8.01. The van der Waals surface area contributed by atoms with Crippen LogP contribution in [0.4, 0.5) is 5.13 Å². The van der Waals surface area contributed by atoms with Gasteiger partial charge < -0.3 is 15.0 Å². The Kier molecular flexibility index (Phi) is 7.60. The summed E-state index contributed by atoms with van der Waals surface area (Å²) in [5.41, 5.74) is 3.02. The Balaban J connectivity index is 1.99. The molecule has 0 aliphatic carbocycles. The summed E-state index contributed by atoms with van der Waals surface area (Å²) in [6.07, 6.45) is 2.81. The van der Waals surface area contributed by atoms with Crippen LogP contribution in [0.25, 0.3) is 11.3 Å². The van der Waals surface area contributed by atoms with Gasteiger partial charge in [-0.25, -0.2) is 4.98 Å². The molecule has 0 saturated carbocycles. The average Bonchev–Trinajstić information content (AvgIpc) is 2.98. The van der Waals surface area contributed by atoms with Crippen LogP contribution in [-0.2, 0) is 4.79 Å². The minimum atomic E-state index is 0.0135. The zero-order valence-electron chi connectivity index (χ0n) is 16.4. The van der Waals surface area contributed by atoms with E-state index in [1.54, 1.807) is 7.11 Å². The Bertz CT molecular complexity index is 743. The minimum Gasteiger partial charge on any atom is -0.496 e. The molecular formula is C20H29N3O2S. The molecule has 0 atom stereocenters. The summed E-state index contributed by atoms with van der Waals surface area (Å²) in [5, 5.41) is 3.60. The molecule has 1 N–H and O–H groups in total. The van der Waals surface area contributed by atoms with Crippen LogP contribution in [-0.4, -0.2) is 43.0 Å². The van der Waals surface area contributed by atoms with E-state index in [9.17, 15) is 4.79 Å². The molecule has 142 valence electrons. The smallest absolute Gasteiger partial charge is 0.227 e. The number of hydrogen-bond acceptors (Lipinski definition) is 5. The molecule has 0 radical (unpaired) electrons. The van der Waals surface area contributed by atoms with Crippen molar-refractivity contribution in [3.63, 3.8) is 0 Å². The summed E-state index contributed by atoms with van der Waals surface area (Å²) in [7, 11) is 3.73. The molecule has 0 fully saturated rings. The normalized spacial score (nSPS) is 11.0. The van der Waals surface area contributed by atoms with E-state index in [0.29, 0.717) is 11.6 Å². The van der Waals surface area contributed by atoms with Gasteiger partial charge in [-0.1, -0.05) is 13.3 Å². The SMILES string of the molecule is CCCCN(C)CCC(=O)Nc1nc(-c2ccc(OC)c(C)c2)c(C)s1. The maximum atomic E-state index is 12.2. The molecule has 0 aliphatic heterocycles.